The number of rotatable bonds is 9. The summed E-state index contributed by atoms with van der Waals surface area (Å²) < 4.78 is 5.19. The molecule has 2 N–H and O–H groups in total. The molecule has 0 radical (unpaired) electrons. The van der Waals surface area contributed by atoms with E-state index in [0.29, 0.717) is 12.3 Å². The molecule has 5 rings (SSSR count). The average molecular weight is 533 g/mol. The van der Waals surface area contributed by atoms with E-state index in [1.165, 1.54) is 11.1 Å². The van der Waals surface area contributed by atoms with E-state index in [-0.39, 0.29) is 24.7 Å². The van der Waals surface area contributed by atoms with Gasteiger partial charge in [0, 0.05) is 42.8 Å². The number of urea groups is 1. The molecule has 2 fully saturated rings. The molecule has 0 saturated carbocycles. The van der Waals surface area contributed by atoms with Crippen molar-refractivity contribution in [3.8, 4) is 5.75 Å². The van der Waals surface area contributed by atoms with Gasteiger partial charge in [-0.3, -0.25) is 4.90 Å². The van der Waals surface area contributed by atoms with Gasteiger partial charge in [-0.15, -0.1) is 0 Å². The topological polar surface area (TPSA) is 95.0 Å². The largest absolute Gasteiger partial charge is 0.482 e. The number of carboxylic acid groups (broad SMARTS) is 1. The second kappa shape index (κ2) is 11.9. The Hall–Kier alpha value is -3.56. The summed E-state index contributed by atoms with van der Waals surface area (Å²) in [5.41, 5.74) is 3.42. The fourth-order valence-electron chi connectivity index (χ4n) is 5.15. The van der Waals surface area contributed by atoms with E-state index in [4.69, 9.17) is 14.8 Å². The molecule has 3 aromatic rings. The third-order valence-electron chi connectivity index (χ3n) is 7.12. The van der Waals surface area contributed by atoms with Crippen molar-refractivity contribution in [2.24, 2.45) is 0 Å². The zero-order valence-electron chi connectivity index (χ0n) is 21.4. The van der Waals surface area contributed by atoms with Crippen molar-refractivity contribution in [1.82, 2.24) is 20.1 Å². The summed E-state index contributed by atoms with van der Waals surface area (Å²) in [5.74, 6) is -0.468. The predicted octanol–water partition coefficient (Wildman–Crippen LogP) is 4.74. The van der Waals surface area contributed by atoms with Crippen molar-refractivity contribution in [1.29, 1.82) is 0 Å². The number of pyridine rings is 1. The third-order valence-corrected chi connectivity index (χ3v) is 8.07. The number of carboxylic acids is 1. The van der Waals surface area contributed by atoms with Gasteiger partial charge in [-0.05, 0) is 61.2 Å². The number of carbonyl (C=O) groups excluding carboxylic acids is 1. The number of carbonyl (C=O) groups is 2. The molecule has 2 aliphatic heterocycles. The van der Waals surface area contributed by atoms with Crippen molar-refractivity contribution in [2.75, 3.05) is 26.2 Å². The maximum atomic E-state index is 12.7. The lowest BCUT2D eigenvalue weighted by Gasteiger charge is -2.39. The molecular weight excluding hydrogens is 500 g/mol. The molecule has 1 atom stereocenters. The van der Waals surface area contributed by atoms with E-state index in [2.05, 4.69) is 33.3 Å². The number of nitrogens with one attached hydrogen (secondary N) is 1. The number of amides is 2. The van der Waals surface area contributed by atoms with E-state index >= 15 is 0 Å². The van der Waals surface area contributed by atoms with Crippen LogP contribution < -0.4 is 10.1 Å². The summed E-state index contributed by atoms with van der Waals surface area (Å²) in [6.07, 6.45) is 1.92. The molecule has 0 spiro atoms. The predicted molar refractivity (Wildman–Crippen MR) is 145 cm³/mol. The number of piperidine rings is 1. The van der Waals surface area contributed by atoms with Gasteiger partial charge < -0.3 is 20.1 Å². The van der Waals surface area contributed by atoms with Crippen LogP contribution in [-0.2, 0) is 11.3 Å². The maximum Gasteiger partial charge on any atom is 0.341 e. The third kappa shape index (κ3) is 6.28. The monoisotopic (exact) mass is 532 g/mol. The van der Waals surface area contributed by atoms with Gasteiger partial charge in [-0.2, -0.15) is 0 Å². The molecule has 1 aromatic heterocycles. The van der Waals surface area contributed by atoms with E-state index in [0.717, 1.165) is 48.1 Å². The van der Waals surface area contributed by atoms with Gasteiger partial charge >= 0.3 is 12.0 Å². The highest BCUT2D eigenvalue weighted by Gasteiger charge is 2.38. The van der Waals surface area contributed by atoms with Crippen LogP contribution in [0.15, 0.2) is 76.7 Å². The van der Waals surface area contributed by atoms with Crippen LogP contribution in [0.2, 0.25) is 0 Å². The summed E-state index contributed by atoms with van der Waals surface area (Å²) in [6.45, 7) is 5.11. The molecule has 0 bridgehead atoms. The first-order valence-corrected chi connectivity index (χ1v) is 13.7. The van der Waals surface area contributed by atoms with Crippen LogP contribution >= 0.6 is 11.8 Å². The Bertz CT molecular complexity index is 1260. The highest BCUT2D eigenvalue weighted by Crippen LogP contribution is 2.32. The number of nitrogens with zero attached hydrogens (tertiary/aromatic N) is 3. The molecule has 198 valence electrons. The summed E-state index contributed by atoms with van der Waals surface area (Å²) in [7, 11) is 0. The molecule has 8 nitrogen and oxygen atoms in total. The second-order valence-electron chi connectivity index (χ2n) is 9.68. The number of aryl methyl sites for hydroxylation is 1. The Balaban J connectivity index is 1.14. The first kappa shape index (κ1) is 26.1. The van der Waals surface area contributed by atoms with Gasteiger partial charge in [0.25, 0.3) is 0 Å². The van der Waals surface area contributed by atoms with Gasteiger partial charge in [0.2, 0.25) is 0 Å². The number of likely N-dealkylation sites (tertiary alicyclic amines) is 1. The molecule has 0 unspecified atom stereocenters. The number of aromatic nitrogens is 1. The van der Waals surface area contributed by atoms with Crippen molar-refractivity contribution in [2.45, 2.75) is 48.3 Å². The van der Waals surface area contributed by atoms with Crippen LogP contribution in [0.5, 0.6) is 5.75 Å². The highest BCUT2D eigenvalue weighted by molar-refractivity contribution is 7.99. The number of hydrogen-bond donors (Lipinski definition) is 2. The van der Waals surface area contributed by atoms with Crippen LogP contribution in [0, 0.1) is 6.92 Å². The normalized spacial score (nSPS) is 18.4. The minimum atomic E-state index is -0.997. The lowest BCUT2D eigenvalue weighted by atomic mass is 9.98. The second-order valence-corrected chi connectivity index (χ2v) is 10.8. The molecule has 38 heavy (non-hydrogen) atoms. The number of aliphatic carboxylic acids is 1. The summed E-state index contributed by atoms with van der Waals surface area (Å²) in [4.78, 5) is 33.7. The van der Waals surface area contributed by atoms with E-state index in [1.54, 1.807) is 23.9 Å². The Labute approximate surface area is 227 Å². The molecule has 2 aliphatic rings. The van der Waals surface area contributed by atoms with E-state index in [1.807, 2.05) is 43.3 Å². The zero-order chi connectivity index (χ0) is 26.5. The van der Waals surface area contributed by atoms with Crippen LogP contribution in [0.1, 0.15) is 35.7 Å². The minimum absolute atomic E-state index is 0.0489. The smallest absolute Gasteiger partial charge is 0.341 e. The molecule has 2 saturated heterocycles. The number of hydrogen-bond acceptors (Lipinski definition) is 6. The first-order valence-electron chi connectivity index (χ1n) is 12.9. The average Bonchev–Trinajstić information content (AvgIpc) is 3.32. The summed E-state index contributed by atoms with van der Waals surface area (Å²) in [6, 6.07) is 22.2. The van der Waals surface area contributed by atoms with Gasteiger partial charge in [0.15, 0.2) is 6.61 Å². The van der Waals surface area contributed by atoms with Gasteiger partial charge in [-0.25, -0.2) is 14.6 Å². The van der Waals surface area contributed by atoms with Gasteiger partial charge in [0.1, 0.15) is 10.8 Å². The fourth-order valence-corrected chi connectivity index (χ4v) is 5.98. The molecular formula is C29H32N4O4S. The van der Waals surface area contributed by atoms with Crippen LogP contribution in [0.25, 0.3) is 0 Å². The zero-order valence-corrected chi connectivity index (χ0v) is 22.2. The van der Waals surface area contributed by atoms with Crippen molar-refractivity contribution in [3.05, 3.63) is 83.6 Å². The first-order chi connectivity index (χ1) is 18.5. The fraction of sp³-hybridized carbons (Fsp3) is 0.345. The molecule has 2 aromatic carbocycles. The lowest BCUT2D eigenvalue weighted by molar-refractivity contribution is -0.139. The SMILES string of the molecule is Cc1nc(Sc2ccc(OCC(=O)O)cc2)ccc1CN1CCC(N2C(=O)NC[C@H]2c2ccccc2)CC1. The highest BCUT2D eigenvalue weighted by atomic mass is 32.2. The Kier molecular flexibility index (Phi) is 8.14. The molecule has 2 amide bonds. The maximum absolute atomic E-state index is 12.7. The van der Waals surface area contributed by atoms with Gasteiger partial charge in [0.05, 0.1) is 6.04 Å². The number of ether oxygens (including phenoxy) is 1. The Morgan fingerprint density at radius 1 is 1.08 bits per heavy atom. The van der Waals surface area contributed by atoms with Crippen LogP contribution in [0.3, 0.4) is 0 Å². The van der Waals surface area contributed by atoms with Crippen molar-refractivity contribution in [3.63, 3.8) is 0 Å². The summed E-state index contributed by atoms with van der Waals surface area (Å²) in [5, 5.41) is 12.7. The van der Waals surface area contributed by atoms with Crippen molar-refractivity contribution < 1.29 is 19.4 Å². The standard InChI is InChI=1S/C29H32N4O4S/c1-20-22(7-12-27(31-20)38-25-10-8-24(9-11-25)37-19-28(34)35)18-32-15-13-23(14-16-32)33-26(17-30-29(33)36)21-5-3-2-4-6-21/h2-12,23,26H,13-19H2,1H3,(H,30,36)(H,34,35)/t26-/m0/s1. The molecule has 0 aliphatic carbocycles. The van der Waals surface area contributed by atoms with Crippen molar-refractivity contribution >= 4 is 23.8 Å². The Morgan fingerprint density at radius 3 is 2.50 bits per heavy atom. The molecule has 3 heterocycles. The number of benzene rings is 2. The summed E-state index contributed by atoms with van der Waals surface area (Å²) >= 11 is 1.56. The lowest BCUT2D eigenvalue weighted by Crippen LogP contribution is -2.46. The van der Waals surface area contributed by atoms with Crippen LogP contribution in [0.4, 0.5) is 4.79 Å². The quantitative estimate of drug-likeness (QED) is 0.411. The van der Waals surface area contributed by atoms with E-state index in [9.17, 15) is 9.59 Å². The Morgan fingerprint density at radius 2 is 1.82 bits per heavy atom. The van der Waals surface area contributed by atoms with Gasteiger partial charge in [-0.1, -0.05) is 48.2 Å². The molecule has 9 heteroatoms. The minimum Gasteiger partial charge on any atom is -0.482 e. The van der Waals surface area contributed by atoms with Crippen LogP contribution in [-0.4, -0.2) is 64.2 Å². The van der Waals surface area contributed by atoms with E-state index < -0.39 is 5.97 Å².